The molecule has 0 radical (unpaired) electrons. The monoisotopic (exact) mass is 351 g/mol. The summed E-state index contributed by atoms with van der Waals surface area (Å²) in [6, 6.07) is 11.5. The minimum Gasteiger partial charge on any atom is -0.497 e. The van der Waals surface area contributed by atoms with Gasteiger partial charge in [-0.2, -0.15) is 5.10 Å². The molecule has 26 heavy (non-hydrogen) atoms. The number of methoxy groups -OCH3 is 1. The summed E-state index contributed by atoms with van der Waals surface area (Å²) in [5.74, 6) is 2.10. The van der Waals surface area contributed by atoms with Gasteiger partial charge in [-0.15, -0.1) is 0 Å². The van der Waals surface area contributed by atoms with Gasteiger partial charge in [-0.25, -0.2) is 9.97 Å². The van der Waals surface area contributed by atoms with Gasteiger partial charge < -0.3 is 14.5 Å². The molecular weight excluding hydrogens is 330 g/mol. The molecule has 2 aromatic heterocycles. The average molecular weight is 351 g/mol. The molecular formula is C19H21N5O2. The minimum atomic E-state index is 0.419. The van der Waals surface area contributed by atoms with Crippen molar-refractivity contribution in [1.82, 2.24) is 19.5 Å². The molecule has 0 bridgehead atoms. The van der Waals surface area contributed by atoms with E-state index < -0.39 is 0 Å². The van der Waals surface area contributed by atoms with Crippen LogP contribution in [-0.4, -0.2) is 46.6 Å². The van der Waals surface area contributed by atoms with Crippen molar-refractivity contribution in [1.29, 1.82) is 0 Å². The van der Waals surface area contributed by atoms with E-state index in [9.17, 15) is 0 Å². The molecule has 0 aliphatic rings. The van der Waals surface area contributed by atoms with E-state index in [1.165, 1.54) is 0 Å². The summed E-state index contributed by atoms with van der Waals surface area (Å²) in [7, 11) is 5.37. The molecule has 0 aliphatic carbocycles. The Morgan fingerprint density at radius 1 is 1.15 bits per heavy atom. The summed E-state index contributed by atoms with van der Waals surface area (Å²) in [5, 5.41) is 6.26. The lowest BCUT2D eigenvalue weighted by atomic mass is 10.2. The van der Waals surface area contributed by atoms with E-state index in [-0.39, 0.29) is 0 Å². The van der Waals surface area contributed by atoms with E-state index in [1.807, 2.05) is 61.3 Å². The number of ether oxygens (including phenoxy) is 2. The zero-order valence-electron chi connectivity index (χ0n) is 15.0. The Kier molecular flexibility index (Phi) is 5.48. The standard InChI is InChI=1S/C19H21N5O2/c1-23(2)22-19(24-12-11-20-14-24)18-17(5-4-10-21-18)26-13-15-6-8-16(25-3)9-7-15/h4-12,14H,13H2,1-3H3/b22-19-. The third kappa shape index (κ3) is 4.18. The van der Waals surface area contributed by atoms with E-state index >= 15 is 0 Å². The van der Waals surface area contributed by atoms with Gasteiger partial charge in [-0.1, -0.05) is 12.1 Å². The number of pyridine rings is 1. The van der Waals surface area contributed by atoms with Crippen LogP contribution in [0.1, 0.15) is 11.3 Å². The first-order valence-corrected chi connectivity index (χ1v) is 8.13. The van der Waals surface area contributed by atoms with Gasteiger partial charge >= 0.3 is 0 Å². The Morgan fingerprint density at radius 3 is 2.62 bits per heavy atom. The van der Waals surface area contributed by atoms with Crippen LogP contribution in [0.15, 0.2) is 66.4 Å². The van der Waals surface area contributed by atoms with Crippen molar-refractivity contribution in [3.8, 4) is 11.5 Å². The van der Waals surface area contributed by atoms with Crippen LogP contribution < -0.4 is 9.47 Å². The summed E-state index contributed by atoms with van der Waals surface area (Å²) < 4.78 is 13.0. The second-order valence-corrected chi connectivity index (χ2v) is 5.73. The third-order valence-corrected chi connectivity index (χ3v) is 3.58. The van der Waals surface area contributed by atoms with Crippen molar-refractivity contribution in [2.24, 2.45) is 5.10 Å². The quantitative estimate of drug-likeness (QED) is 0.388. The van der Waals surface area contributed by atoms with E-state index in [4.69, 9.17) is 9.47 Å². The van der Waals surface area contributed by atoms with Crippen LogP contribution in [0, 0.1) is 0 Å². The Bertz CT molecular complexity index is 858. The highest BCUT2D eigenvalue weighted by Crippen LogP contribution is 2.20. The predicted octanol–water partition coefficient (Wildman–Crippen LogP) is 2.64. The van der Waals surface area contributed by atoms with E-state index in [0.29, 0.717) is 23.9 Å². The molecule has 0 amide bonds. The van der Waals surface area contributed by atoms with Gasteiger partial charge in [0.2, 0.25) is 0 Å². The number of nitrogens with zero attached hydrogens (tertiary/aromatic N) is 5. The summed E-state index contributed by atoms with van der Waals surface area (Å²) in [5.41, 5.74) is 1.68. The highest BCUT2D eigenvalue weighted by molar-refractivity contribution is 6.00. The second-order valence-electron chi connectivity index (χ2n) is 5.73. The van der Waals surface area contributed by atoms with Crippen molar-refractivity contribution in [3.63, 3.8) is 0 Å². The van der Waals surface area contributed by atoms with Crippen LogP contribution >= 0.6 is 0 Å². The maximum atomic E-state index is 6.02. The van der Waals surface area contributed by atoms with Crippen molar-refractivity contribution in [3.05, 3.63) is 72.6 Å². The van der Waals surface area contributed by atoms with Gasteiger partial charge in [0.15, 0.2) is 5.84 Å². The van der Waals surface area contributed by atoms with Gasteiger partial charge in [-0.05, 0) is 29.8 Å². The molecule has 0 spiro atoms. The fourth-order valence-corrected chi connectivity index (χ4v) is 2.35. The Morgan fingerprint density at radius 2 is 1.96 bits per heavy atom. The molecule has 3 aromatic rings. The Hall–Kier alpha value is -3.35. The lowest BCUT2D eigenvalue weighted by Crippen LogP contribution is -2.19. The summed E-state index contributed by atoms with van der Waals surface area (Å²) in [6.45, 7) is 0.419. The van der Waals surface area contributed by atoms with Crippen LogP contribution in [0.4, 0.5) is 0 Å². The fraction of sp³-hybridized carbons (Fsp3) is 0.211. The molecule has 0 saturated carbocycles. The van der Waals surface area contributed by atoms with Crippen LogP contribution in [0.5, 0.6) is 11.5 Å². The Labute approximate surface area is 152 Å². The molecule has 0 saturated heterocycles. The maximum Gasteiger partial charge on any atom is 0.187 e. The number of rotatable bonds is 6. The molecule has 134 valence electrons. The molecule has 0 N–H and O–H groups in total. The Balaban J connectivity index is 1.86. The largest absolute Gasteiger partial charge is 0.497 e. The smallest absolute Gasteiger partial charge is 0.187 e. The van der Waals surface area contributed by atoms with Crippen LogP contribution in [-0.2, 0) is 6.61 Å². The number of benzene rings is 1. The SMILES string of the molecule is COc1ccc(COc2cccnc2/C(=N/N(C)C)n2ccnc2)cc1. The average Bonchev–Trinajstić information content (AvgIpc) is 3.19. The van der Waals surface area contributed by atoms with Gasteiger partial charge in [0, 0.05) is 32.7 Å². The second kappa shape index (κ2) is 8.15. The predicted molar refractivity (Wildman–Crippen MR) is 99.4 cm³/mol. The number of imidazole rings is 1. The first kappa shape index (κ1) is 17.5. The summed E-state index contributed by atoms with van der Waals surface area (Å²) in [4.78, 5) is 8.58. The van der Waals surface area contributed by atoms with Crippen molar-refractivity contribution in [2.75, 3.05) is 21.2 Å². The van der Waals surface area contributed by atoms with Gasteiger partial charge in [0.1, 0.15) is 30.1 Å². The van der Waals surface area contributed by atoms with Crippen LogP contribution in [0.25, 0.3) is 0 Å². The third-order valence-electron chi connectivity index (χ3n) is 3.58. The summed E-state index contributed by atoms with van der Waals surface area (Å²) >= 11 is 0. The van der Waals surface area contributed by atoms with Gasteiger partial charge in [0.25, 0.3) is 0 Å². The van der Waals surface area contributed by atoms with Gasteiger partial charge in [0.05, 0.1) is 7.11 Å². The number of hydrazone groups is 1. The first-order valence-electron chi connectivity index (χ1n) is 8.13. The molecule has 2 heterocycles. The van der Waals surface area contributed by atoms with Crippen LogP contribution in [0.3, 0.4) is 0 Å². The lowest BCUT2D eigenvalue weighted by Gasteiger charge is -2.15. The molecule has 0 atom stereocenters. The van der Waals surface area contributed by atoms with Crippen molar-refractivity contribution in [2.45, 2.75) is 6.61 Å². The number of hydrogen-bond donors (Lipinski definition) is 0. The molecule has 0 aliphatic heterocycles. The number of aromatic nitrogens is 3. The molecule has 7 nitrogen and oxygen atoms in total. The topological polar surface area (TPSA) is 64.8 Å². The highest BCUT2D eigenvalue weighted by Gasteiger charge is 2.15. The normalized spacial score (nSPS) is 11.3. The van der Waals surface area contributed by atoms with E-state index in [2.05, 4.69) is 15.1 Å². The van der Waals surface area contributed by atoms with Gasteiger partial charge in [-0.3, -0.25) is 4.57 Å². The maximum absolute atomic E-state index is 6.02. The lowest BCUT2D eigenvalue weighted by molar-refractivity contribution is 0.303. The van der Waals surface area contributed by atoms with E-state index in [1.54, 1.807) is 30.8 Å². The molecule has 3 rings (SSSR count). The van der Waals surface area contributed by atoms with Crippen molar-refractivity contribution >= 4 is 5.84 Å². The summed E-state index contributed by atoms with van der Waals surface area (Å²) in [6.07, 6.45) is 6.93. The van der Waals surface area contributed by atoms with Crippen molar-refractivity contribution < 1.29 is 9.47 Å². The van der Waals surface area contributed by atoms with Crippen LogP contribution in [0.2, 0.25) is 0 Å². The molecule has 0 fully saturated rings. The zero-order valence-corrected chi connectivity index (χ0v) is 15.0. The molecule has 0 unspecified atom stereocenters. The molecule has 1 aromatic carbocycles. The first-order chi connectivity index (χ1) is 12.7. The fourth-order valence-electron chi connectivity index (χ4n) is 2.35. The van der Waals surface area contributed by atoms with E-state index in [0.717, 1.165) is 11.3 Å². The minimum absolute atomic E-state index is 0.419. The number of hydrogen-bond acceptors (Lipinski definition) is 6. The molecule has 7 heteroatoms. The zero-order chi connectivity index (χ0) is 18.4. The highest BCUT2D eigenvalue weighted by atomic mass is 16.5.